The smallest absolute Gasteiger partial charge is 0.312 e. The van der Waals surface area contributed by atoms with Crippen LogP contribution in [0.25, 0.3) is 0 Å². The molecule has 0 spiro atoms. The van der Waals surface area contributed by atoms with Gasteiger partial charge in [-0.15, -0.1) is 0 Å². The second-order valence-corrected chi connectivity index (χ2v) is 7.15. The van der Waals surface area contributed by atoms with Crippen molar-refractivity contribution in [2.24, 2.45) is 0 Å². The first-order valence-corrected chi connectivity index (χ1v) is 9.73. The van der Waals surface area contributed by atoms with Gasteiger partial charge in [0.25, 0.3) is 0 Å². The Morgan fingerprint density at radius 2 is 2.08 bits per heavy atom. The molecular weight excluding hydrogens is 328 g/mol. The van der Waals surface area contributed by atoms with E-state index in [4.69, 9.17) is 0 Å². The second-order valence-electron chi connectivity index (χ2n) is 7.15. The van der Waals surface area contributed by atoms with Crippen LogP contribution < -0.4 is 0 Å². The quantitative estimate of drug-likeness (QED) is 0.720. The zero-order valence-corrected chi connectivity index (χ0v) is 15.7. The first kappa shape index (κ1) is 18.5. The van der Waals surface area contributed by atoms with Gasteiger partial charge in [0, 0.05) is 25.0 Å². The summed E-state index contributed by atoms with van der Waals surface area (Å²) in [5.74, 6) is -1.28. The highest BCUT2D eigenvalue weighted by Crippen LogP contribution is 2.33. The van der Waals surface area contributed by atoms with Crippen LogP contribution in [0.1, 0.15) is 79.3 Å². The van der Waals surface area contributed by atoms with Crippen LogP contribution >= 0.6 is 0 Å². The van der Waals surface area contributed by atoms with Crippen LogP contribution in [0.15, 0.2) is 24.4 Å². The van der Waals surface area contributed by atoms with E-state index in [0.29, 0.717) is 17.8 Å². The summed E-state index contributed by atoms with van der Waals surface area (Å²) in [5.41, 5.74) is 3.18. The van der Waals surface area contributed by atoms with E-state index in [9.17, 15) is 14.7 Å². The van der Waals surface area contributed by atoms with Gasteiger partial charge in [-0.2, -0.15) is 0 Å². The highest BCUT2D eigenvalue weighted by atomic mass is 16.4. The molecule has 3 heterocycles. The molecular formula is C21H28N2O3. The number of aromatic nitrogens is 2. The van der Waals surface area contributed by atoms with Crippen LogP contribution in [0.4, 0.5) is 0 Å². The number of unbranched alkanes of at least 4 members (excludes halogenated alkanes) is 1. The van der Waals surface area contributed by atoms with Crippen molar-refractivity contribution in [1.82, 2.24) is 9.13 Å². The Hall–Kier alpha value is -2.30. The fraction of sp³-hybridized carbons (Fsp3) is 0.524. The normalized spacial score (nSPS) is 16.5. The van der Waals surface area contributed by atoms with Crippen molar-refractivity contribution in [2.45, 2.75) is 71.4 Å². The van der Waals surface area contributed by atoms with Crippen LogP contribution in [0.3, 0.4) is 0 Å². The molecule has 1 atom stereocenters. The fourth-order valence-corrected chi connectivity index (χ4v) is 4.00. The molecule has 1 aliphatic rings. The van der Waals surface area contributed by atoms with Gasteiger partial charge in [0.15, 0.2) is 0 Å². The Morgan fingerprint density at radius 1 is 1.27 bits per heavy atom. The molecule has 5 heteroatoms. The first-order chi connectivity index (χ1) is 12.6. The SMILES string of the molecule is CCCCn1cccc1C(=O)c1c(CCC)cc2n1CCCC2C(=O)O. The topological polar surface area (TPSA) is 64.2 Å². The fourth-order valence-electron chi connectivity index (χ4n) is 4.00. The van der Waals surface area contributed by atoms with Gasteiger partial charge in [0.2, 0.25) is 5.78 Å². The van der Waals surface area contributed by atoms with Gasteiger partial charge in [-0.1, -0.05) is 26.7 Å². The number of hydrogen-bond donors (Lipinski definition) is 1. The zero-order valence-electron chi connectivity index (χ0n) is 15.7. The van der Waals surface area contributed by atoms with Gasteiger partial charge in [-0.05, 0) is 49.4 Å². The summed E-state index contributed by atoms with van der Waals surface area (Å²) in [6.07, 6.45) is 7.23. The molecule has 0 aliphatic carbocycles. The molecule has 26 heavy (non-hydrogen) atoms. The van der Waals surface area contributed by atoms with Gasteiger partial charge in [0.1, 0.15) is 0 Å². The van der Waals surface area contributed by atoms with Crippen LogP contribution in [0.5, 0.6) is 0 Å². The lowest BCUT2D eigenvalue weighted by atomic mass is 9.96. The summed E-state index contributed by atoms with van der Waals surface area (Å²) >= 11 is 0. The van der Waals surface area contributed by atoms with Crippen molar-refractivity contribution >= 4 is 11.8 Å². The molecule has 0 bridgehead atoms. The number of hydrogen-bond acceptors (Lipinski definition) is 2. The molecule has 3 rings (SSSR count). The molecule has 2 aromatic rings. The summed E-state index contributed by atoms with van der Waals surface area (Å²) in [6.45, 7) is 5.78. The number of nitrogens with zero attached hydrogens (tertiary/aromatic N) is 2. The van der Waals surface area contributed by atoms with E-state index in [0.717, 1.165) is 56.5 Å². The lowest BCUT2D eigenvalue weighted by molar-refractivity contribution is -0.139. The Morgan fingerprint density at radius 3 is 2.77 bits per heavy atom. The van der Waals surface area contributed by atoms with E-state index in [1.807, 2.05) is 33.5 Å². The summed E-state index contributed by atoms with van der Waals surface area (Å²) < 4.78 is 4.01. The number of carbonyl (C=O) groups excluding carboxylic acids is 1. The number of aliphatic carboxylic acids is 1. The average molecular weight is 356 g/mol. The number of ketones is 1. The van der Waals surface area contributed by atoms with Crippen molar-refractivity contribution < 1.29 is 14.7 Å². The molecule has 0 amide bonds. The molecule has 1 aliphatic heterocycles. The Bertz CT molecular complexity index is 800. The van der Waals surface area contributed by atoms with Gasteiger partial charge in [-0.3, -0.25) is 9.59 Å². The molecule has 2 aromatic heterocycles. The lowest BCUT2D eigenvalue weighted by Gasteiger charge is -2.23. The third kappa shape index (κ3) is 3.35. The molecule has 140 valence electrons. The monoisotopic (exact) mass is 356 g/mol. The third-order valence-corrected chi connectivity index (χ3v) is 5.29. The van der Waals surface area contributed by atoms with Crippen molar-refractivity contribution in [3.05, 3.63) is 47.0 Å². The van der Waals surface area contributed by atoms with Gasteiger partial charge in [0.05, 0.1) is 17.3 Å². The van der Waals surface area contributed by atoms with E-state index in [2.05, 4.69) is 13.8 Å². The maximum atomic E-state index is 13.4. The van der Waals surface area contributed by atoms with Crippen molar-refractivity contribution in [3.8, 4) is 0 Å². The van der Waals surface area contributed by atoms with E-state index in [-0.39, 0.29) is 5.78 Å². The molecule has 5 nitrogen and oxygen atoms in total. The van der Waals surface area contributed by atoms with Crippen molar-refractivity contribution in [2.75, 3.05) is 0 Å². The average Bonchev–Trinajstić information content (AvgIpc) is 3.23. The van der Waals surface area contributed by atoms with E-state index in [1.54, 1.807) is 0 Å². The second kappa shape index (κ2) is 7.94. The number of carbonyl (C=O) groups is 2. The predicted molar refractivity (Wildman–Crippen MR) is 101 cm³/mol. The number of rotatable bonds is 8. The van der Waals surface area contributed by atoms with Crippen LogP contribution in [-0.2, 0) is 24.3 Å². The largest absolute Gasteiger partial charge is 0.481 e. The first-order valence-electron chi connectivity index (χ1n) is 9.73. The maximum absolute atomic E-state index is 13.4. The summed E-state index contributed by atoms with van der Waals surface area (Å²) in [6, 6.07) is 5.77. The Balaban J connectivity index is 2.05. The highest BCUT2D eigenvalue weighted by molar-refractivity contribution is 6.08. The number of carboxylic acids is 1. The minimum Gasteiger partial charge on any atom is -0.481 e. The van der Waals surface area contributed by atoms with Gasteiger partial charge < -0.3 is 14.2 Å². The summed E-state index contributed by atoms with van der Waals surface area (Å²) in [4.78, 5) is 25.1. The summed E-state index contributed by atoms with van der Waals surface area (Å²) in [5, 5.41) is 9.58. The number of carboxylic acid groups (broad SMARTS) is 1. The Labute approximate surface area is 154 Å². The minimum absolute atomic E-state index is 0.0202. The van der Waals surface area contributed by atoms with Crippen molar-refractivity contribution in [1.29, 1.82) is 0 Å². The molecule has 0 fully saturated rings. The van der Waals surface area contributed by atoms with Crippen LogP contribution in [-0.4, -0.2) is 26.0 Å². The van der Waals surface area contributed by atoms with E-state index >= 15 is 0 Å². The zero-order chi connectivity index (χ0) is 18.7. The molecule has 0 saturated heterocycles. The molecule has 1 N–H and O–H groups in total. The molecule has 0 radical (unpaired) electrons. The minimum atomic E-state index is -0.795. The number of fused-ring (bicyclic) bond motifs is 1. The van der Waals surface area contributed by atoms with E-state index in [1.165, 1.54) is 0 Å². The van der Waals surface area contributed by atoms with Crippen LogP contribution in [0, 0.1) is 0 Å². The molecule has 0 saturated carbocycles. The van der Waals surface area contributed by atoms with Crippen LogP contribution in [0.2, 0.25) is 0 Å². The standard InChI is InChI=1S/C21H28N2O3/c1-3-5-11-22-12-7-10-17(22)20(24)19-15(8-4-2)14-18-16(21(25)26)9-6-13-23(18)19/h7,10,12,14,16H,3-6,8-9,11,13H2,1-2H3,(H,25,26). The third-order valence-electron chi connectivity index (χ3n) is 5.29. The van der Waals surface area contributed by atoms with E-state index < -0.39 is 11.9 Å². The summed E-state index contributed by atoms with van der Waals surface area (Å²) in [7, 11) is 0. The van der Waals surface area contributed by atoms with Gasteiger partial charge in [-0.25, -0.2) is 0 Å². The van der Waals surface area contributed by atoms with Gasteiger partial charge >= 0.3 is 5.97 Å². The molecule has 1 unspecified atom stereocenters. The Kier molecular flexibility index (Phi) is 5.64. The molecule has 0 aromatic carbocycles. The number of aryl methyl sites for hydroxylation is 2. The maximum Gasteiger partial charge on any atom is 0.312 e. The predicted octanol–water partition coefficient (Wildman–Crippen LogP) is 4.24. The highest BCUT2D eigenvalue weighted by Gasteiger charge is 2.32. The van der Waals surface area contributed by atoms with Crippen molar-refractivity contribution in [3.63, 3.8) is 0 Å². The lowest BCUT2D eigenvalue weighted by Crippen LogP contribution is -2.24.